The van der Waals surface area contributed by atoms with Crippen molar-refractivity contribution in [3.8, 4) is 11.5 Å². The Balaban J connectivity index is 1.89. The van der Waals surface area contributed by atoms with Crippen LogP contribution in [0.25, 0.3) is 0 Å². The molecular weight excluding hydrogens is 358 g/mol. The summed E-state index contributed by atoms with van der Waals surface area (Å²) in [6.07, 6.45) is 0. The van der Waals surface area contributed by atoms with Gasteiger partial charge in [-0.1, -0.05) is 23.7 Å². The van der Waals surface area contributed by atoms with Crippen molar-refractivity contribution in [1.82, 2.24) is 0 Å². The third-order valence-corrected chi connectivity index (χ3v) is 3.50. The molecule has 2 aromatic rings. The number of carbonyl (C=O) groups is 1. The van der Waals surface area contributed by atoms with Gasteiger partial charge in [-0.15, -0.1) is 0 Å². The topological polar surface area (TPSA) is 61.6 Å². The Morgan fingerprint density at radius 2 is 1.76 bits per heavy atom. The summed E-state index contributed by atoms with van der Waals surface area (Å²) < 4.78 is 11.9. The first-order valence-electron chi connectivity index (χ1n) is 6.17. The van der Waals surface area contributed by atoms with Crippen LogP contribution in [0.15, 0.2) is 46.9 Å². The molecule has 0 radical (unpaired) electrons. The Hall–Kier alpha value is -1.72. The minimum atomic E-state index is -0.521. The van der Waals surface area contributed by atoms with Crippen molar-refractivity contribution in [3.05, 3.63) is 57.5 Å². The van der Waals surface area contributed by atoms with Crippen LogP contribution >= 0.6 is 27.5 Å². The molecule has 0 aliphatic heterocycles. The highest BCUT2D eigenvalue weighted by molar-refractivity contribution is 9.10. The van der Waals surface area contributed by atoms with Gasteiger partial charge in [0.05, 0.1) is 10.0 Å². The van der Waals surface area contributed by atoms with Gasteiger partial charge in [0.15, 0.2) is 0 Å². The van der Waals surface area contributed by atoms with Crippen LogP contribution in [0.2, 0.25) is 5.02 Å². The van der Waals surface area contributed by atoms with Gasteiger partial charge in [-0.05, 0) is 46.3 Å². The summed E-state index contributed by atoms with van der Waals surface area (Å²) in [7, 11) is 0. The minimum Gasteiger partial charge on any atom is -0.489 e. The van der Waals surface area contributed by atoms with E-state index in [1.807, 2.05) is 0 Å². The molecule has 0 heterocycles. The number of ether oxygens (including phenoxy) is 2. The summed E-state index contributed by atoms with van der Waals surface area (Å²) in [5, 5.41) is 0.626. The zero-order valence-electron chi connectivity index (χ0n) is 11.0. The van der Waals surface area contributed by atoms with Crippen molar-refractivity contribution < 1.29 is 14.3 Å². The van der Waals surface area contributed by atoms with Gasteiger partial charge in [0.25, 0.3) is 5.91 Å². The number of rotatable bonds is 6. The summed E-state index contributed by atoms with van der Waals surface area (Å²) in [5.41, 5.74) is 5.63. The highest BCUT2D eigenvalue weighted by Gasteiger charge is 2.08. The normalized spacial score (nSPS) is 10.2. The largest absolute Gasteiger partial charge is 0.489 e. The lowest BCUT2D eigenvalue weighted by Gasteiger charge is -2.11. The smallest absolute Gasteiger partial charge is 0.252 e. The van der Waals surface area contributed by atoms with E-state index in [1.54, 1.807) is 42.5 Å². The minimum absolute atomic E-state index is 0.291. The second kappa shape index (κ2) is 7.33. The molecule has 0 bridgehead atoms. The van der Waals surface area contributed by atoms with E-state index in [0.717, 1.165) is 4.47 Å². The molecular formula is C15H13BrClNO3. The number of carbonyl (C=O) groups excluding carboxylic acids is 1. The fourth-order valence-corrected chi connectivity index (χ4v) is 2.49. The third kappa shape index (κ3) is 4.37. The molecule has 0 spiro atoms. The van der Waals surface area contributed by atoms with E-state index in [0.29, 0.717) is 35.3 Å². The van der Waals surface area contributed by atoms with Crippen LogP contribution in [0.1, 0.15) is 10.4 Å². The second-order valence-electron chi connectivity index (χ2n) is 4.13. The van der Waals surface area contributed by atoms with Gasteiger partial charge in [0.2, 0.25) is 0 Å². The van der Waals surface area contributed by atoms with Crippen molar-refractivity contribution >= 4 is 33.4 Å². The first kappa shape index (κ1) is 15.7. The summed E-state index contributed by atoms with van der Waals surface area (Å²) in [4.78, 5) is 11.2. The number of amides is 1. The summed E-state index contributed by atoms with van der Waals surface area (Å²) in [5.74, 6) is 0.599. The van der Waals surface area contributed by atoms with Crippen LogP contribution in [0.3, 0.4) is 0 Å². The van der Waals surface area contributed by atoms with Gasteiger partial charge in [-0.2, -0.15) is 0 Å². The van der Waals surface area contributed by atoms with Crippen LogP contribution in [0.4, 0.5) is 0 Å². The molecule has 0 saturated carbocycles. The van der Waals surface area contributed by atoms with Crippen molar-refractivity contribution in [1.29, 1.82) is 0 Å². The standard InChI is InChI=1S/C15H13BrClNO3/c16-12-9-10(17)5-6-14(12)21-8-7-20-13-4-2-1-3-11(13)15(18)19/h1-6,9H,7-8H2,(H2,18,19). The number of primary amides is 1. The fourth-order valence-electron chi connectivity index (χ4n) is 1.69. The average molecular weight is 371 g/mol. The first-order valence-corrected chi connectivity index (χ1v) is 7.34. The molecule has 0 unspecified atom stereocenters. The van der Waals surface area contributed by atoms with Crippen molar-refractivity contribution in [2.24, 2.45) is 5.73 Å². The zero-order chi connectivity index (χ0) is 15.2. The number of hydrogen-bond donors (Lipinski definition) is 1. The monoisotopic (exact) mass is 369 g/mol. The molecule has 21 heavy (non-hydrogen) atoms. The highest BCUT2D eigenvalue weighted by Crippen LogP contribution is 2.27. The molecule has 2 aromatic carbocycles. The number of para-hydroxylation sites is 1. The average Bonchev–Trinajstić information content (AvgIpc) is 2.45. The maximum atomic E-state index is 11.2. The van der Waals surface area contributed by atoms with Crippen molar-refractivity contribution in [2.45, 2.75) is 0 Å². The Labute approximate surface area is 135 Å². The molecule has 6 heteroatoms. The molecule has 2 rings (SSSR count). The van der Waals surface area contributed by atoms with Gasteiger partial charge in [0.1, 0.15) is 24.7 Å². The Bertz CT molecular complexity index is 649. The van der Waals surface area contributed by atoms with Crippen LogP contribution < -0.4 is 15.2 Å². The molecule has 0 fully saturated rings. The lowest BCUT2D eigenvalue weighted by Crippen LogP contribution is -2.15. The van der Waals surface area contributed by atoms with E-state index in [2.05, 4.69) is 15.9 Å². The van der Waals surface area contributed by atoms with E-state index in [4.69, 9.17) is 26.8 Å². The predicted octanol–water partition coefficient (Wildman–Crippen LogP) is 3.66. The fraction of sp³-hybridized carbons (Fsp3) is 0.133. The molecule has 0 aliphatic carbocycles. The summed E-state index contributed by atoms with van der Waals surface area (Å²) in [6, 6.07) is 12.1. The molecule has 0 aliphatic rings. The van der Waals surface area contributed by atoms with E-state index >= 15 is 0 Å². The highest BCUT2D eigenvalue weighted by atomic mass is 79.9. The van der Waals surface area contributed by atoms with Gasteiger partial charge in [0, 0.05) is 5.02 Å². The Morgan fingerprint density at radius 1 is 1.10 bits per heavy atom. The van der Waals surface area contributed by atoms with Crippen LogP contribution in [-0.4, -0.2) is 19.1 Å². The quantitative estimate of drug-likeness (QED) is 0.789. The van der Waals surface area contributed by atoms with E-state index in [1.165, 1.54) is 0 Å². The summed E-state index contributed by atoms with van der Waals surface area (Å²) in [6.45, 7) is 0.618. The molecule has 0 saturated heterocycles. The SMILES string of the molecule is NC(=O)c1ccccc1OCCOc1ccc(Cl)cc1Br. The molecule has 0 atom stereocenters. The van der Waals surface area contributed by atoms with Gasteiger partial charge < -0.3 is 15.2 Å². The molecule has 0 aromatic heterocycles. The van der Waals surface area contributed by atoms with Gasteiger partial charge >= 0.3 is 0 Å². The lowest BCUT2D eigenvalue weighted by atomic mass is 10.2. The van der Waals surface area contributed by atoms with Crippen molar-refractivity contribution in [3.63, 3.8) is 0 Å². The maximum absolute atomic E-state index is 11.2. The Kier molecular flexibility index (Phi) is 5.47. The number of hydrogen-bond acceptors (Lipinski definition) is 3. The van der Waals surface area contributed by atoms with Crippen LogP contribution in [-0.2, 0) is 0 Å². The molecule has 4 nitrogen and oxygen atoms in total. The number of benzene rings is 2. The van der Waals surface area contributed by atoms with E-state index in [-0.39, 0.29) is 0 Å². The van der Waals surface area contributed by atoms with Gasteiger partial charge in [-0.25, -0.2) is 0 Å². The summed E-state index contributed by atoms with van der Waals surface area (Å²) >= 11 is 9.21. The van der Waals surface area contributed by atoms with E-state index < -0.39 is 5.91 Å². The third-order valence-electron chi connectivity index (χ3n) is 2.64. The maximum Gasteiger partial charge on any atom is 0.252 e. The lowest BCUT2D eigenvalue weighted by molar-refractivity contribution is 0.0995. The van der Waals surface area contributed by atoms with Crippen LogP contribution in [0, 0.1) is 0 Å². The van der Waals surface area contributed by atoms with E-state index in [9.17, 15) is 4.79 Å². The predicted molar refractivity (Wildman–Crippen MR) is 85.1 cm³/mol. The van der Waals surface area contributed by atoms with Crippen LogP contribution in [0.5, 0.6) is 11.5 Å². The molecule has 1 amide bonds. The number of halogens is 2. The molecule has 2 N–H and O–H groups in total. The Morgan fingerprint density at radius 3 is 2.43 bits per heavy atom. The first-order chi connectivity index (χ1) is 10.1. The number of nitrogens with two attached hydrogens (primary N) is 1. The zero-order valence-corrected chi connectivity index (χ0v) is 13.4. The molecule has 110 valence electrons. The van der Waals surface area contributed by atoms with Gasteiger partial charge in [-0.3, -0.25) is 4.79 Å². The second-order valence-corrected chi connectivity index (χ2v) is 5.42. The van der Waals surface area contributed by atoms with Crippen molar-refractivity contribution in [2.75, 3.05) is 13.2 Å².